The molecule has 3 nitrogen and oxygen atoms in total. The highest BCUT2D eigenvalue weighted by atomic mass is 16.6. The van der Waals surface area contributed by atoms with Gasteiger partial charge in [-0.15, -0.1) is 0 Å². The molecule has 1 aromatic carbocycles. The fourth-order valence-corrected chi connectivity index (χ4v) is 1.47. The Morgan fingerprint density at radius 2 is 1.82 bits per heavy atom. The van der Waals surface area contributed by atoms with Gasteiger partial charge in [-0.2, -0.15) is 5.26 Å². The Hall–Kier alpha value is -2.21. The van der Waals surface area contributed by atoms with E-state index in [1.165, 1.54) is 5.56 Å². The molecule has 2 rings (SSSR count). The summed E-state index contributed by atoms with van der Waals surface area (Å²) < 4.78 is 10.6. The summed E-state index contributed by atoms with van der Waals surface area (Å²) in [5.41, 5.74) is 1.26. The Labute approximate surface area is 100 Å². The molecule has 0 aliphatic heterocycles. The minimum Gasteiger partial charge on any atom is -0.426 e. The van der Waals surface area contributed by atoms with Crippen molar-refractivity contribution in [2.75, 3.05) is 0 Å². The quantitative estimate of drug-likeness (QED) is 0.794. The van der Waals surface area contributed by atoms with Crippen molar-refractivity contribution >= 4 is 0 Å². The van der Waals surface area contributed by atoms with E-state index in [0.717, 1.165) is 0 Å². The molecule has 0 fully saturated rings. The summed E-state index contributed by atoms with van der Waals surface area (Å²) in [5.74, 6) is 1.78. The van der Waals surface area contributed by atoms with E-state index in [1.54, 1.807) is 12.1 Å². The third-order valence-electron chi connectivity index (χ3n) is 2.46. The van der Waals surface area contributed by atoms with Crippen LogP contribution in [0.3, 0.4) is 0 Å². The van der Waals surface area contributed by atoms with Crippen LogP contribution in [0.5, 0.6) is 11.7 Å². The van der Waals surface area contributed by atoms with Crippen LogP contribution in [0.4, 0.5) is 0 Å². The van der Waals surface area contributed by atoms with Gasteiger partial charge in [-0.05, 0) is 29.7 Å². The van der Waals surface area contributed by atoms with Gasteiger partial charge in [0.2, 0.25) is 5.76 Å². The van der Waals surface area contributed by atoms with Crippen molar-refractivity contribution in [3.05, 3.63) is 47.7 Å². The molecule has 0 aliphatic rings. The number of nitrogens with zero attached hydrogens (tertiary/aromatic N) is 1. The van der Waals surface area contributed by atoms with Gasteiger partial charge in [0.1, 0.15) is 11.8 Å². The van der Waals surface area contributed by atoms with Crippen molar-refractivity contribution in [1.82, 2.24) is 0 Å². The lowest BCUT2D eigenvalue weighted by Gasteiger charge is -2.06. The molecule has 0 spiro atoms. The van der Waals surface area contributed by atoms with Crippen LogP contribution in [-0.2, 0) is 0 Å². The zero-order valence-electron chi connectivity index (χ0n) is 9.81. The van der Waals surface area contributed by atoms with E-state index in [0.29, 0.717) is 17.6 Å². The topological polar surface area (TPSA) is 46.2 Å². The number of rotatable bonds is 3. The van der Waals surface area contributed by atoms with Gasteiger partial charge in [-0.1, -0.05) is 26.0 Å². The third kappa shape index (κ3) is 2.67. The third-order valence-corrected chi connectivity index (χ3v) is 2.46. The molecule has 0 amide bonds. The first-order valence-electron chi connectivity index (χ1n) is 5.47. The van der Waals surface area contributed by atoms with Crippen LogP contribution < -0.4 is 4.74 Å². The van der Waals surface area contributed by atoms with E-state index in [1.807, 2.05) is 30.3 Å². The van der Waals surface area contributed by atoms with E-state index >= 15 is 0 Å². The van der Waals surface area contributed by atoms with Gasteiger partial charge in [-0.25, -0.2) is 0 Å². The summed E-state index contributed by atoms with van der Waals surface area (Å²) in [6, 6.07) is 13.0. The summed E-state index contributed by atoms with van der Waals surface area (Å²) >= 11 is 0. The first-order chi connectivity index (χ1) is 8.19. The average Bonchev–Trinajstić information content (AvgIpc) is 2.77. The van der Waals surface area contributed by atoms with E-state index in [9.17, 15) is 0 Å². The van der Waals surface area contributed by atoms with Crippen LogP contribution >= 0.6 is 0 Å². The Balaban J connectivity index is 2.11. The molecule has 1 aromatic heterocycles. The smallest absolute Gasteiger partial charge is 0.291 e. The number of hydrogen-bond acceptors (Lipinski definition) is 3. The van der Waals surface area contributed by atoms with Crippen LogP contribution in [-0.4, -0.2) is 0 Å². The van der Waals surface area contributed by atoms with Crippen molar-refractivity contribution in [3.63, 3.8) is 0 Å². The number of ether oxygens (including phenoxy) is 1. The SMILES string of the molecule is CC(C)c1ccc(Oc2ccc(C#N)o2)cc1. The van der Waals surface area contributed by atoms with Gasteiger partial charge in [0.25, 0.3) is 5.95 Å². The highest BCUT2D eigenvalue weighted by molar-refractivity contribution is 5.32. The van der Waals surface area contributed by atoms with Gasteiger partial charge in [0.15, 0.2) is 0 Å². The highest BCUT2D eigenvalue weighted by Crippen LogP contribution is 2.25. The van der Waals surface area contributed by atoms with Crippen LogP contribution in [0, 0.1) is 11.3 Å². The largest absolute Gasteiger partial charge is 0.426 e. The Kier molecular flexibility index (Phi) is 3.15. The van der Waals surface area contributed by atoms with E-state index in [4.69, 9.17) is 14.4 Å². The summed E-state index contributed by atoms with van der Waals surface area (Å²) in [7, 11) is 0. The van der Waals surface area contributed by atoms with Gasteiger partial charge in [0, 0.05) is 6.07 Å². The number of furan rings is 1. The van der Waals surface area contributed by atoms with Crippen molar-refractivity contribution in [3.8, 4) is 17.8 Å². The molecule has 0 aliphatic carbocycles. The first kappa shape index (κ1) is 11.3. The fourth-order valence-electron chi connectivity index (χ4n) is 1.47. The molecule has 0 saturated carbocycles. The molecule has 0 saturated heterocycles. The van der Waals surface area contributed by atoms with E-state index in [-0.39, 0.29) is 5.76 Å². The number of nitriles is 1. The maximum Gasteiger partial charge on any atom is 0.291 e. The second-order valence-corrected chi connectivity index (χ2v) is 4.06. The maximum absolute atomic E-state index is 8.62. The lowest BCUT2D eigenvalue weighted by molar-refractivity contribution is 0.343. The Bertz CT molecular complexity index is 532. The lowest BCUT2D eigenvalue weighted by Crippen LogP contribution is -1.87. The highest BCUT2D eigenvalue weighted by Gasteiger charge is 2.04. The average molecular weight is 227 g/mol. The fraction of sp³-hybridized carbons (Fsp3) is 0.214. The molecule has 0 N–H and O–H groups in total. The minimum atomic E-state index is 0.249. The normalized spacial score (nSPS) is 10.2. The predicted octanol–water partition coefficient (Wildman–Crippen LogP) is 4.07. The zero-order valence-corrected chi connectivity index (χ0v) is 9.81. The van der Waals surface area contributed by atoms with Crippen LogP contribution in [0.1, 0.15) is 31.1 Å². The van der Waals surface area contributed by atoms with Gasteiger partial charge >= 0.3 is 0 Å². The van der Waals surface area contributed by atoms with E-state index in [2.05, 4.69) is 13.8 Å². The molecular formula is C14H13NO2. The monoisotopic (exact) mass is 227 g/mol. The predicted molar refractivity (Wildman–Crippen MR) is 64.0 cm³/mol. The standard InChI is InChI=1S/C14H13NO2/c1-10(2)11-3-5-12(6-4-11)16-14-8-7-13(9-15)17-14/h3-8,10H,1-2H3. The zero-order chi connectivity index (χ0) is 12.3. The Morgan fingerprint density at radius 1 is 1.12 bits per heavy atom. The molecule has 1 heterocycles. The van der Waals surface area contributed by atoms with Crippen LogP contribution in [0.15, 0.2) is 40.8 Å². The molecular weight excluding hydrogens is 214 g/mol. The molecule has 0 radical (unpaired) electrons. The second kappa shape index (κ2) is 4.75. The van der Waals surface area contributed by atoms with Gasteiger partial charge in [0.05, 0.1) is 0 Å². The molecule has 3 heteroatoms. The minimum absolute atomic E-state index is 0.249. The van der Waals surface area contributed by atoms with Gasteiger partial charge in [-0.3, -0.25) is 0 Å². The van der Waals surface area contributed by atoms with Crippen molar-refractivity contribution in [2.24, 2.45) is 0 Å². The molecule has 0 bridgehead atoms. The maximum atomic E-state index is 8.62. The molecule has 0 atom stereocenters. The number of benzene rings is 1. The van der Waals surface area contributed by atoms with Gasteiger partial charge < -0.3 is 9.15 Å². The summed E-state index contributed by atoms with van der Waals surface area (Å²) in [5, 5.41) is 8.62. The summed E-state index contributed by atoms with van der Waals surface area (Å²) in [4.78, 5) is 0. The van der Waals surface area contributed by atoms with E-state index < -0.39 is 0 Å². The van der Waals surface area contributed by atoms with Crippen LogP contribution in [0.25, 0.3) is 0 Å². The van der Waals surface area contributed by atoms with Crippen LogP contribution in [0.2, 0.25) is 0 Å². The van der Waals surface area contributed by atoms with Crippen molar-refractivity contribution in [1.29, 1.82) is 5.26 Å². The van der Waals surface area contributed by atoms with Crippen molar-refractivity contribution in [2.45, 2.75) is 19.8 Å². The summed E-state index contributed by atoms with van der Waals surface area (Å²) in [6.45, 7) is 4.28. The second-order valence-electron chi connectivity index (χ2n) is 4.06. The molecule has 2 aromatic rings. The van der Waals surface area contributed by atoms with Crippen molar-refractivity contribution < 1.29 is 9.15 Å². The molecule has 17 heavy (non-hydrogen) atoms. The molecule has 0 unspecified atom stereocenters. The lowest BCUT2D eigenvalue weighted by atomic mass is 10.0. The Morgan fingerprint density at radius 3 is 2.35 bits per heavy atom. The number of hydrogen-bond donors (Lipinski definition) is 0. The molecule has 86 valence electrons. The summed E-state index contributed by atoms with van der Waals surface area (Å²) in [6.07, 6.45) is 0. The first-order valence-corrected chi connectivity index (χ1v) is 5.47.